The molecule has 1 aliphatic rings. The standard InChI is InChI=1S/C15H17N5O/c1-12-17-15(18-21-12)11-19-6-8-20(9-7-19)14-4-2-13(10-16)3-5-14/h2-5H,6-9,11H2,1H3. The second-order valence-corrected chi connectivity index (χ2v) is 5.15. The number of piperazine rings is 1. The Balaban J connectivity index is 1.56. The van der Waals surface area contributed by atoms with Gasteiger partial charge in [0, 0.05) is 38.8 Å². The van der Waals surface area contributed by atoms with Gasteiger partial charge in [-0.25, -0.2) is 0 Å². The predicted molar refractivity (Wildman–Crippen MR) is 77.7 cm³/mol. The van der Waals surface area contributed by atoms with Crippen LogP contribution in [0.4, 0.5) is 5.69 Å². The number of nitrogens with zero attached hydrogens (tertiary/aromatic N) is 5. The summed E-state index contributed by atoms with van der Waals surface area (Å²) in [6.07, 6.45) is 0. The van der Waals surface area contributed by atoms with Crippen molar-refractivity contribution in [1.29, 1.82) is 5.26 Å². The van der Waals surface area contributed by atoms with Crippen molar-refractivity contribution in [1.82, 2.24) is 15.0 Å². The van der Waals surface area contributed by atoms with Gasteiger partial charge in [-0.05, 0) is 24.3 Å². The van der Waals surface area contributed by atoms with Gasteiger partial charge >= 0.3 is 0 Å². The highest BCUT2D eigenvalue weighted by Crippen LogP contribution is 2.17. The van der Waals surface area contributed by atoms with E-state index in [0.717, 1.165) is 38.5 Å². The highest BCUT2D eigenvalue weighted by Gasteiger charge is 2.18. The molecule has 0 bridgehead atoms. The van der Waals surface area contributed by atoms with E-state index >= 15 is 0 Å². The van der Waals surface area contributed by atoms with Crippen molar-refractivity contribution >= 4 is 5.69 Å². The molecule has 0 radical (unpaired) electrons. The van der Waals surface area contributed by atoms with Gasteiger partial charge in [-0.2, -0.15) is 10.2 Å². The van der Waals surface area contributed by atoms with Gasteiger partial charge in [-0.3, -0.25) is 4.90 Å². The van der Waals surface area contributed by atoms with Gasteiger partial charge in [0.05, 0.1) is 18.2 Å². The van der Waals surface area contributed by atoms with Crippen LogP contribution in [0.3, 0.4) is 0 Å². The number of rotatable bonds is 3. The maximum absolute atomic E-state index is 8.83. The molecular formula is C15H17N5O. The third kappa shape index (κ3) is 3.20. The molecule has 6 nitrogen and oxygen atoms in total. The summed E-state index contributed by atoms with van der Waals surface area (Å²) in [4.78, 5) is 8.89. The van der Waals surface area contributed by atoms with Crippen LogP contribution in [0.25, 0.3) is 0 Å². The lowest BCUT2D eigenvalue weighted by atomic mass is 10.2. The van der Waals surface area contributed by atoms with Crippen LogP contribution in [0.2, 0.25) is 0 Å². The number of nitriles is 1. The summed E-state index contributed by atoms with van der Waals surface area (Å²) < 4.78 is 4.99. The monoisotopic (exact) mass is 283 g/mol. The number of anilines is 1. The van der Waals surface area contributed by atoms with Crippen LogP contribution < -0.4 is 4.90 Å². The Morgan fingerprint density at radius 1 is 1.19 bits per heavy atom. The van der Waals surface area contributed by atoms with Gasteiger partial charge in [-0.1, -0.05) is 5.16 Å². The number of hydrogen-bond acceptors (Lipinski definition) is 6. The molecule has 1 aromatic carbocycles. The van der Waals surface area contributed by atoms with Gasteiger partial charge in [-0.15, -0.1) is 0 Å². The molecule has 0 atom stereocenters. The van der Waals surface area contributed by atoms with Crippen LogP contribution in [0.5, 0.6) is 0 Å². The molecule has 0 spiro atoms. The lowest BCUT2D eigenvalue weighted by molar-refractivity contribution is 0.240. The minimum absolute atomic E-state index is 0.612. The van der Waals surface area contributed by atoms with Crippen LogP contribution in [-0.2, 0) is 6.54 Å². The van der Waals surface area contributed by atoms with Crippen molar-refractivity contribution in [2.75, 3.05) is 31.1 Å². The van der Waals surface area contributed by atoms with Crippen LogP contribution in [0.15, 0.2) is 28.8 Å². The van der Waals surface area contributed by atoms with Gasteiger partial charge < -0.3 is 9.42 Å². The lowest BCUT2D eigenvalue weighted by Gasteiger charge is -2.35. The van der Waals surface area contributed by atoms with E-state index in [-0.39, 0.29) is 0 Å². The predicted octanol–water partition coefficient (Wildman–Crippen LogP) is 1.57. The van der Waals surface area contributed by atoms with E-state index in [4.69, 9.17) is 9.78 Å². The van der Waals surface area contributed by atoms with Crippen LogP contribution in [0.1, 0.15) is 17.3 Å². The average molecular weight is 283 g/mol. The molecule has 0 saturated carbocycles. The Hall–Kier alpha value is -2.39. The average Bonchev–Trinajstić information content (AvgIpc) is 2.93. The molecule has 6 heteroatoms. The van der Waals surface area contributed by atoms with Crippen LogP contribution in [-0.4, -0.2) is 41.2 Å². The molecule has 0 unspecified atom stereocenters. The van der Waals surface area contributed by atoms with E-state index in [1.54, 1.807) is 6.92 Å². The maximum atomic E-state index is 8.83. The summed E-state index contributed by atoms with van der Waals surface area (Å²) in [5.41, 5.74) is 1.87. The highest BCUT2D eigenvalue weighted by atomic mass is 16.5. The number of aryl methyl sites for hydroxylation is 1. The molecule has 0 amide bonds. The fourth-order valence-electron chi connectivity index (χ4n) is 2.52. The Morgan fingerprint density at radius 3 is 2.48 bits per heavy atom. The van der Waals surface area contributed by atoms with Crippen LogP contribution in [0, 0.1) is 18.3 Å². The fourth-order valence-corrected chi connectivity index (χ4v) is 2.52. The normalized spacial score (nSPS) is 15.9. The van der Waals surface area contributed by atoms with Crippen molar-refractivity contribution in [2.45, 2.75) is 13.5 Å². The zero-order valence-electron chi connectivity index (χ0n) is 12.0. The van der Waals surface area contributed by atoms with E-state index in [0.29, 0.717) is 11.5 Å². The van der Waals surface area contributed by atoms with E-state index in [2.05, 4.69) is 26.0 Å². The summed E-state index contributed by atoms with van der Waals surface area (Å²) in [6, 6.07) is 9.90. The fraction of sp³-hybridized carbons (Fsp3) is 0.400. The van der Waals surface area contributed by atoms with Gasteiger partial charge in [0.25, 0.3) is 0 Å². The molecule has 3 rings (SSSR count). The molecule has 1 fully saturated rings. The first-order valence-corrected chi connectivity index (χ1v) is 7.01. The molecule has 108 valence electrons. The molecule has 2 heterocycles. The van der Waals surface area contributed by atoms with E-state index in [1.807, 2.05) is 24.3 Å². The van der Waals surface area contributed by atoms with Crippen molar-refractivity contribution in [2.24, 2.45) is 0 Å². The quantitative estimate of drug-likeness (QED) is 0.851. The number of aromatic nitrogens is 2. The number of hydrogen-bond donors (Lipinski definition) is 0. The summed E-state index contributed by atoms with van der Waals surface area (Å²) in [7, 11) is 0. The molecule has 0 aliphatic carbocycles. The summed E-state index contributed by atoms with van der Waals surface area (Å²) in [5, 5.41) is 12.8. The minimum atomic E-state index is 0.612. The number of benzene rings is 1. The third-order valence-electron chi connectivity index (χ3n) is 3.67. The molecule has 2 aromatic rings. The Labute approximate surface area is 123 Å². The first-order chi connectivity index (χ1) is 10.2. The Bertz CT molecular complexity index is 635. The molecule has 1 saturated heterocycles. The summed E-state index contributed by atoms with van der Waals surface area (Å²) in [6.45, 7) is 6.39. The van der Waals surface area contributed by atoms with Crippen LogP contribution >= 0.6 is 0 Å². The SMILES string of the molecule is Cc1nc(CN2CCN(c3ccc(C#N)cc3)CC2)no1. The van der Waals surface area contributed by atoms with Crippen molar-refractivity contribution in [3.8, 4) is 6.07 Å². The van der Waals surface area contributed by atoms with Crippen molar-refractivity contribution in [3.63, 3.8) is 0 Å². The molecular weight excluding hydrogens is 266 g/mol. The van der Waals surface area contributed by atoms with Gasteiger partial charge in [0.2, 0.25) is 5.89 Å². The van der Waals surface area contributed by atoms with E-state index < -0.39 is 0 Å². The Kier molecular flexibility index (Phi) is 3.84. The molecule has 0 N–H and O–H groups in total. The second kappa shape index (κ2) is 5.94. The highest BCUT2D eigenvalue weighted by molar-refractivity contribution is 5.50. The van der Waals surface area contributed by atoms with E-state index in [9.17, 15) is 0 Å². The largest absolute Gasteiger partial charge is 0.369 e. The first-order valence-electron chi connectivity index (χ1n) is 7.01. The maximum Gasteiger partial charge on any atom is 0.223 e. The minimum Gasteiger partial charge on any atom is -0.369 e. The second-order valence-electron chi connectivity index (χ2n) is 5.15. The third-order valence-corrected chi connectivity index (χ3v) is 3.67. The Morgan fingerprint density at radius 2 is 1.90 bits per heavy atom. The topological polar surface area (TPSA) is 69.2 Å². The zero-order chi connectivity index (χ0) is 14.7. The summed E-state index contributed by atoms with van der Waals surface area (Å²) >= 11 is 0. The molecule has 1 aromatic heterocycles. The van der Waals surface area contributed by atoms with Crippen molar-refractivity contribution < 1.29 is 4.52 Å². The lowest BCUT2D eigenvalue weighted by Crippen LogP contribution is -2.46. The van der Waals surface area contributed by atoms with Gasteiger partial charge in [0.15, 0.2) is 5.82 Å². The first kappa shape index (κ1) is 13.6. The van der Waals surface area contributed by atoms with E-state index in [1.165, 1.54) is 5.69 Å². The van der Waals surface area contributed by atoms with Crippen molar-refractivity contribution in [3.05, 3.63) is 41.5 Å². The smallest absolute Gasteiger partial charge is 0.223 e. The summed E-state index contributed by atoms with van der Waals surface area (Å²) in [5.74, 6) is 1.36. The molecule has 1 aliphatic heterocycles. The van der Waals surface area contributed by atoms with Gasteiger partial charge in [0.1, 0.15) is 0 Å². The zero-order valence-corrected chi connectivity index (χ0v) is 12.0. The molecule has 21 heavy (non-hydrogen) atoms.